The van der Waals surface area contributed by atoms with Crippen molar-refractivity contribution in [3.8, 4) is 17.1 Å². The van der Waals surface area contributed by atoms with Gasteiger partial charge in [0, 0.05) is 31.2 Å². The van der Waals surface area contributed by atoms with Crippen LogP contribution in [0.25, 0.3) is 28.2 Å². The molecule has 31 heavy (non-hydrogen) atoms. The van der Waals surface area contributed by atoms with Crippen molar-refractivity contribution in [1.82, 2.24) is 19.5 Å². The molecular weight excluding hydrogens is 394 g/mol. The van der Waals surface area contributed by atoms with Crippen LogP contribution in [0.5, 0.6) is 0 Å². The molecule has 0 bridgehead atoms. The van der Waals surface area contributed by atoms with Crippen LogP contribution in [0.4, 0.5) is 11.6 Å². The second-order valence-electron chi connectivity index (χ2n) is 6.70. The molecule has 0 aliphatic heterocycles. The van der Waals surface area contributed by atoms with E-state index in [-0.39, 0.29) is 12.6 Å². The van der Waals surface area contributed by atoms with E-state index < -0.39 is 0 Å². The van der Waals surface area contributed by atoms with Crippen LogP contribution < -0.4 is 16.8 Å². The predicted octanol–water partition coefficient (Wildman–Crippen LogP) is 2.97. The van der Waals surface area contributed by atoms with E-state index in [1.54, 1.807) is 12.4 Å². The lowest BCUT2D eigenvalue weighted by molar-refractivity contribution is -0.142. The van der Waals surface area contributed by atoms with Crippen LogP contribution >= 0.6 is 0 Å². The Balaban J connectivity index is 1.87. The fraction of sp³-hybridized carbons (Fsp3) is 0.0909. The van der Waals surface area contributed by atoms with E-state index in [2.05, 4.69) is 10.3 Å². The molecule has 3 heterocycles. The van der Waals surface area contributed by atoms with E-state index in [4.69, 9.17) is 26.2 Å². The minimum atomic E-state index is -0.324. The highest BCUT2D eigenvalue weighted by Crippen LogP contribution is 2.31. The van der Waals surface area contributed by atoms with Crippen LogP contribution in [0.15, 0.2) is 67.1 Å². The number of hydrogen-bond donors (Lipinski definition) is 3. The van der Waals surface area contributed by atoms with Crippen LogP contribution in [0, 0.1) is 0 Å². The van der Waals surface area contributed by atoms with Crippen molar-refractivity contribution >= 4 is 28.8 Å². The molecule has 9 nitrogen and oxygen atoms in total. The van der Waals surface area contributed by atoms with Gasteiger partial charge in [-0.25, -0.2) is 15.0 Å². The SMILES string of the molecule is CC(=O)OCc1ccc(-n2c(-c3cccnc3N)nc3ccc(N/C=C\N)nc32)cc1. The van der Waals surface area contributed by atoms with Gasteiger partial charge in [0.1, 0.15) is 23.8 Å². The number of ether oxygens (including phenoxy) is 1. The molecule has 1 aromatic carbocycles. The maximum Gasteiger partial charge on any atom is 0.302 e. The number of nitrogens with two attached hydrogens (primary N) is 2. The molecule has 4 aromatic rings. The number of aromatic nitrogens is 4. The van der Waals surface area contributed by atoms with Crippen molar-refractivity contribution in [1.29, 1.82) is 0 Å². The third-order valence-corrected chi connectivity index (χ3v) is 4.55. The molecule has 0 saturated carbocycles. The summed E-state index contributed by atoms with van der Waals surface area (Å²) in [6.07, 6.45) is 4.63. The first-order valence-electron chi connectivity index (χ1n) is 9.53. The van der Waals surface area contributed by atoms with Crippen LogP contribution in [-0.2, 0) is 16.1 Å². The zero-order valence-corrected chi connectivity index (χ0v) is 16.8. The minimum Gasteiger partial charge on any atom is -0.461 e. The van der Waals surface area contributed by atoms with Crippen LogP contribution in [0.3, 0.4) is 0 Å². The molecule has 5 N–H and O–H groups in total. The zero-order chi connectivity index (χ0) is 21.8. The number of fused-ring (bicyclic) bond motifs is 1. The maximum absolute atomic E-state index is 11.1. The Labute approximate surface area is 178 Å². The number of carbonyl (C=O) groups excluding carboxylic acids is 1. The Morgan fingerprint density at radius 1 is 1.16 bits per heavy atom. The van der Waals surface area contributed by atoms with Gasteiger partial charge in [-0.15, -0.1) is 0 Å². The number of esters is 1. The van der Waals surface area contributed by atoms with Crippen molar-refractivity contribution in [2.45, 2.75) is 13.5 Å². The van der Waals surface area contributed by atoms with Gasteiger partial charge >= 0.3 is 5.97 Å². The van der Waals surface area contributed by atoms with E-state index in [1.165, 1.54) is 13.1 Å². The number of carbonyl (C=O) groups is 1. The van der Waals surface area contributed by atoms with Crippen molar-refractivity contribution in [2.24, 2.45) is 5.73 Å². The number of rotatable bonds is 6. The summed E-state index contributed by atoms with van der Waals surface area (Å²) in [5, 5.41) is 3.02. The molecule has 0 amide bonds. The van der Waals surface area contributed by atoms with Crippen molar-refractivity contribution < 1.29 is 9.53 Å². The van der Waals surface area contributed by atoms with Gasteiger partial charge in [0.15, 0.2) is 11.5 Å². The van der Waals surface area contributed by atoms with Crippen LogP contribution in [0.1, 0.15) is 12.5 Å². The number of anilines is 2. The summed E-state index contributed by atoms with van der Waals surface area (Å²) in [6, 6.07) is 15.0. The van der Waals surface area contributed by atoms with Crippen molar-refractivity contribution in [3.05, 3.63) is 72.7 Å². The first-order valence-corrected chi connectivity index (χ1v) is 9.53. The first-order chi connectivity index (χ1) is 15.1. The number of benzene rings is 1. The molecule has 0 atom stereocenters. The fourth-order valence-electron chi connectivity index (χ4n) is 3.13. The number of nitrogen functional groups attached to an aromatic ring is 1. The van der Waals surface area contributed by atoms with E-state index in [9.17, 15) is 4.79 Å². The highest BCUT2D eigenvalue weighted by Gasteiger charge is 2.18. The fourth-order valence-corrected chi connectivity index (χ4v) is 3.13. The molecule has 156 valence electrons. The molecular formula is C22H21N7O2. The summed E-state index contributed by atoms with van der Waals surface area (Å²) in [5.74, 6) is 1.28. The average molecular weight is 415 g/mol. The van der Waals surface area contributed by atoms with Crippen LogP contribution in [0.2, 0.25) is 0 Å². The minimum absolute atomic E-state index is 0.209. The summed E-state index contributed by atoms with van der Waals surface area (Å²) in [4.78, 5) is 24.7. The molecule has 9 heteroatoms. The Bertz CT molecular complexity index is 1260. The van der Waals surface area contributed by atoms with Gasteiger partial charge in [-0.1, -0.05) is 12.1 Å². The molecule has 3 aromatic heterocycles. The van der Waals surface area contributed by atoms with Gasteiger partial charge in [0.2, 0.25) is 0 Å². The van der Waals surface area contributed by atoms with Gasteiger partial charge < -0.3 is 21.5 Å². The maximum atomic E-state index is 11.1. The lowest BCUT2D eigenvalue weighted by atomic mass is 10.2. The summed E-state index contributed by atoms with van der Waals surface area (Å²) in [7, 11) is 0. The Morgan fingerprint density at radius 2 is 1.97 bits per heavy atom. The molecule has 0 saturated heterocycles. The third kappa shape index (κ3) is 4.15. The number of hydrogen-bond acceptors (Lipinski definition) is 8. The van der Waals surface area contributed by atoms with E-state index in [0.29, 0.717) is 34.2 Å². The molecule has 0 fully saturated rings. The van der Waals surface area contributed by atoms with Gasteiger partial charge in [0.05, 0.1) is 5.56 Å². The lowest BCUT2D eigenvalue weighted by Crippen LogP contribution is -2.03. The second kappa shape index (κ2) is 8.54. The number of imidazole rings is 1. The Kier molecular flexibility index (Phi) is 5.48. The highest BCUT2D eigenvalue weighted by molar-refractivity contribution is 5.83. The van der Waals surface area contributed by atoms with Crippen LogP contribution in [-0.4, -0.2) is 25.5 Å². The quantitative estimate of drug-likeness (QED) is 0.409. The highest BCUT2D eigenvalue weighted by atomic mass is 16.5. The third-order valence-electron chi connectivity index (χ3n) is 4.55. The van der Waals surface area contributed by atoms with Gasteiger partial charge in [-0.3, -0.25) is 9.36 Å². The summed E-state index contributed by atoms with van der Waals surface area (Å²) >= 11 is 0. The topological polar surface area (TPSA) is 134 Å². The van der Waals surface area contributed by atoms with E-state index >= 15 is 0 Å². The van der Waals surface area contributed by atoms with E-state index in [0.717, 1.165) is 11.3 Å². The average Bonchev–Trinajstić information content (AvgIpc) is 3.15. The van der Waals surface area contributed by atoms with Gasteiger partial charge in [-0.2, -0.15) is 0 Å². The van der Waals surface area contributed by atoms with Gasteiger partial charge in [0.25, 0.3) is 0 Å². The molecule has 0 aliphatic rings. The predicted molar refractivity (Wildman–Crippen MR) is 119 cm³/mol. The van der Waals surface area contributed by atoms with Crippen molar-refractivity contribution in [3.63, 3.8) is 0 Å². The summed E-state index contributed by atoms with van der Waals surface area (Å²) < 4.78 is 6.98. The Morgan fingerprint density at radius 3 is 2.68 bits per heavy atom. The standard InChI is InChI=1S/C22H21N7O2/c1-14(30)31-13-15-4-6-16(7-5-15)29-21(17-3-2-11-26-20(17)24)27-18-8-9-19(25-12-10-23)28-22(18)29/h2-12H,13,23H2,1H3,(H2,24,26)(H,25,28)/b12-10-. The molecule has 0 aliphatic carbocycles. The van der Waals surface area contributed by atoms with Crippen molar-refractivity contribution in [2.75, 3.05) is 11.1 Å². The lowest BCUT2D eigenvalue weighted by Gasteiger charge is -2.11. The molecule has 0 unspecified atom stereocenters. The number of nitrogens with zero attached hydrogens (tertiary/aromatic N) is 4. The summed E-state index contributed by atoms with van der Waals surface area (Å²) in [5.41, 5.74) is 15.3. The molecule has 0 spiro atoms. The normalized spacial score (nSPS) is 11.1. The summed E-state index contributed by atoms with van der Waals surface area (Å²) in [6.45, 7) is 1.59. The van der Waals surface area contributed by atoms with Gasteiger partial charge in [-0.05, 0) is 42.0 Å². The first kappa shape index (κ1) is 19.9. The number of nitrogens with one attached hydrogen (secondary N) is 1. The second-order valence-corrected chi connectivity index (χ2v) is 6.70. The monoisotopic (exact) mass is 415 g/mol. The Hall–Kier alpha value is -4.40. The van der Waals surface area contributed by atoms with E-state index in [1.807, 2.05) is 53.1 Å². The molecule has 4 rings (SSSR count). The molecule has 0 radical (unpaired) electrons. The smallest absolute Gasteiger partial charge is 0.302 e. The number of pyridine rings is 2. The largest absolute Gasteiger partial charge is 0.461 e. The zero-order valence-electron chi connectivity index (χ0n) is 16.8.